The first-order valence-electron chi connectivity index (χ1n) is 3.27. The molecule has 0 amide bonds. The van der Waals surface area contributed by atoms with E-state index in [9.17, 15) is 18.0 Å². The van der Waals surface area contributed by atoms with Crippen LogP contribution >= 0.6 is 0 Å². The number of aliphatic carboxylic acids is 1. The van der Waals surface area contributed by atoms with Gasteiger partial charge in [-0.25, -0.2) is 4.79 Å². The SMILES string of the molecule is COCC(OCC(F)(F)F)C(=O)O. The number of hydrogen-bond acceptors (Lipinski definition) is 3. The van der Waals surface area contributed by atoms with E-state index in [0.717, 1.165) is 0 Å². The quantitative estimate of drug-likeness (QED) is 0.711. The Morgan fingerprint density at radius 1 is 1.54 bits per heavy atom. The van der Waals surface area contributed by atoms with E-state index in [2.05, 4.69) is 9.47 Å². The van der Waals surface area contributed by atoms with Gasteiger partial charge in [-0.3, -0.25) is 0 Å². The molecule has 1 atom stereocenters. The molecule has 0 heterocycles. The van der Waals surface area contributed by atoms with Gasteiger partial charge in [-0.2, -0.15) is 13.2 Å². The van der Waals surface area contributed by atoms with Gasteiger partial charge in [-0.15, -0.1) is 0 Å². The first-order valence-corrected chi connectivity index (χ1v) is 3.27. The summed E-state index contributed by atoms with van der Waals surface area (Å²) in [4.78, 5) is 10.2. The number of alkyl halides is 3. The van der Waals surface area contributed by atoms with E-state index in [1.165, 1.54) is 7.11 Å². The van der Waals surface area contributed by atoms with Crippen LogP contribution in [-0.2, 0) is 14.3 Å². The van der Waals surface area contributed by atoms with Crippen LogP contribution in [0, 0.1) is 0 Å². The number of methoxy groups -OCH3 is 1. The highest BCUT2D eigenvalue weighted by Crippen LogP contribution is 2.15. The summed E-state index contributed by atoms with van der Waals surface area (Å²) in [5.41, 5.74) is 0. The molecule has 78 valence electrons. The van der Waals surface area contributed by atoms with Gasteiger partial charge < -0.3 is 14.6 Å². The lowest BCUT2D eigenvalue weighted by atomic mass is 10.4. The van der Waals surface area contributed by atoms with Crippen molar-refractivity contribution >= 4 is 5.97 Å². The Balaban J connectivity index is 3.90. The van der Waals surface area contributed by atoms with Crippen molar-refractivity contribution in [1.82, 2.24) is 0 Å². The lowest BCUT2D eigenvalue weighted by Gasteiger charge is -2.13. The van der Waals surface area contributed by atoms with Crippen LogP contribution in [0.25, 0.3) is 0 Å². The molecule has 0 aliphatic rings. The monoisotopic (exact) mass is 202 g/mol. The van der Waals surface area contributed by atoms with E-state index in [0.29, 0.717) is 0 Å². The van der Waals surface area contributed by atoms with Gasteiger partial charge in [-0.1, -0.05) is 0 Å². The second-order valence-electron chi connectivity index (χ2n) is 2.21. The number of carbonyl (C=O) groups is 1. The van der Waals surface area contributed by atoms with Gasteiger partial charge in [0.05, 0.1) is 6.61 Å². The second-order valence-corrected chi connectivity index (χ2v) is 2.21. The van der Waals surface area contributed by atoms with E-state index < -0.39 is 31.5 Å². The Morgan fingerprint density at radius 3 is 2.38 bits per heavy atom. The van der Waals surface area contributed by atoms with Crippen LogP contribution in [0.4, 0.5) is 13.2 Å². The van der Waals surface area contributed by atoms with Crippen molar-refractivity contribution < 1.29 is 32.5 Å². The van der Waals surface area contributed by atoms with Gasteiger partial charge in [0.15, 0.2) is 6.10 Å². The molecule has 0 fully saturated rings. The van der Waals surface area contributed by atoms with Crippen molar-refractivity contribution in [2.24, 2.45) is 0 Å². The maximum absolute atomic E-state index is 11.6. The first kappa shape index (κ1) is 12.2. The topological polar surface area (TPSA) is 55.8 Å². The Kier molecular flexibility index (Phi) is 4.71. The first-order chi connectivity index (χ1) is 5.87. The summed E-state index contributed by atoms with van der Waals surface area (Å²) in [7, 11) is 1.17. The molecule has 0 saturated carbocycles. The molecule has 13 heavy (non-hydrogen) atoms. The minimum Gasteiger partial charge on any atom is -0.479 e. The largest absolute Gasteiger partial charge is 0.479 e. The van der Waals surface area contributed by atoms with Crippen LogP contribution < -0.4 is 0 Å². The Bertz CT molecular complexity index is 168. The van der Waals surface area contributed by atoms with E-state index in [4.69, 9.17) is 5.11 Å². The maximum Gasteiger partial charge on any atom is 0.411 e. The lowest BCUT2D eigenvalue weighted by molar-refractivity contribution is -0.196. The number of ether oxygens (including phenoxy) is 2. The van der Waals surface area contributed by atoms with Crippen LogP contribution in [0.1, 0.15) is 0 Å². The molecule has 0 aliphatic heterocycles. The van der Waals surface area contributed by atoms with Gasteiger partial charge in [0.25, 0.3) is 0 Å². The third-order valence-electron chi connectivity index (χ3n) is 1.04. The standard InChI is InChI=1S/C6H9F3O4/c1-12-2-4(5(10)11)13-3-6(7,8)9/h4H,2-3H2,1H3,(H,10,11). The molecule has 0 aromatic rings. The summed E-state index contributed by atoms with van der Waals surface area (Å²) < 4.78 is 43.1. The Hall–Kier alpha value is -0.820. The van der Waals surface area contributed by atoms with Crippen molar-refractivity contribution in [2.45, 2.75) is 12.3 Å². The molecule has 0 saturated heterocycles. The van der Waals surface area contributed by atoms with Crippen molar-refractivity contribution in [3.63, 3.8) is 0 Å². The normalized spacial score (nSPS) is 14.2. The van der Waals surface area contributed by atoms with Gasteiger partial charge in [0.2, 0.25) is 0 Å². The van der Waals surface area contributed by atoms with Crippen molar-refractivity contribution in [3.8, 4) is 0 Å². The third-order valence-corrected chi connectivity index (χ3v) is 1.04. The second kappa shape index (κ2) is 5.03. The highest BCUT2D eigenvalue weighted by Gasteiger charge is 2.31. The third kappa shape index (κ3) is 6.35. The zero-order valence-electron chi connectivity index (χ0n) is 6.80. The van der Waals surface area contributed by atoms with Gasteiger partial charge >= 0.3 is 12.1 Å². The molecule has 7 heteroatoms. The Morgan fingerprint density at radius 2 is 2.08 bits per heavy atom. The lowest BCUT2D eigenvalue weighted by Crippen LogP contribution is -2.32. The molecule has 0 radical (unpaired) electrons. The fourth-order valence-corrected chi connectivity index (χ4v) is 0.537. The highest BCUT2D eigenvalue weighted by atomic mass is 19.4. The highest BCUT2D eigenvalue weighted by molar-refractivity contribution is 5.72. The summed E-state index contributed by atoms with van der Waals surface area (Å²) in [6, 6.07) is 0. The minimum absolute atomic E-state index is 0.411. The summed E-state index contributed by atoms with van der Waals surface area (Å²) >= 11 is 0. The van der Waals surface area contributed by atoms with Crippen LogP contribution in [0.5, 0.6) is 0 Å². The summed E-state index contributed by atoms with van der Waals surface area (Å²) in [6.45, 7) is -2.00. The van der Waals surface area contributed by atoms with Gasteiger partial charge in [0, 0.05) is 7.11 Å². The van der Waals surface area contributed by atoms with E-state index in [1.807, 2.05) is 0 Å². The fraction of sp³-hybridized carbons (Fsp3) is 0.833. The number of carboxylic acids is 1. The predicted octanol–water partition coefficient (Wildman–Crippen LogP) is 0.665. The molecule has 4 nitrogen and oxygen atoms in total. The van der Waals surface area contributed by atoms with Crippen LogP contribution in [0.3, 0.4) is 0 Å². The summed E-state index contributed by atoms with van der Waals surface area (Å²) in [6.07, 6.45) is -6.10. The predicted molar refractivity (Wildman–Crippen MR) is 35.3 cm³/mol. The van der Waals surface area contributed by atoms with Crippen molar-refractivity contribution in [2.75, 3.05) is 20.3 Å². The Labute approximate surface area is 72.2 Å². The molecular weight excluding hydrogens is 193 g/mol. The zero-order chi connectivity index (χ0) is 10.5. The van der Waals surface area contributed by atoms with Gasteiger partial charge in [0.1, 0.15) is 6.61 Å². The van der Waals surface area contributed by atoms with Crippen molar-refractivity contribution in [1.29, 1.82) is 0 Å². The molecule has 0 bridgehead atoms. The number of rotatable bonds is 5. The smallest absolute Gasteiger partial charge is 0.411 e. The average Bonchev–Trinajstić information content (AvgIpc) is 1.95. The molecule has 0 spiro atoms. The molecule has 1 N–H and O–H groups in total. The van der Waals surface area contributed by atoms with Crippen LogP contribution in [0.15, 0.2) is 0 Å². The van der Waals surface area contributed by atoms with Gasteiger partial charge in [-0.05, 0) is 0 Å². The minimum atomic E-state index is -4.53. The number of halogens is 3. The van der Waals surface area contributed by atoms with E-state index >= 15 is 0 Å². The molecular formula is C6H9F3O4. The zero-order valence-corrected chi connectivity index (χ0v) is 6.80. The molecule has 0 aromatic carbocycles. The molecule has 0 aromatic heterocycles. The van der Waals surface area contributed by atoms with Crippen LogP contribution in [0.2, 0.25) is 0 Å². The average molecular weight is 202 g/mol. The molecule has 0 aliphatic carbocycles. The number of carboxylic acid groups (broad SMARTS) is 1. The maximum atomic E-state index is 11.6. The van der Waals surface area contributed by atoms with Crippen LogP contribution in [-0.4, -0.2) is 43.7 Å². The van der Waals surface area contributed by atoms with E-state index in [-0.39, 0.29) is 0 Å². The molecule has 1 unspecified atom stereocenters. The summed E-state index contributed by atoms with van der Waals surface area (Å²) in [5, 5.41) is 8.33. The fourth-order valence-electron chi connectivity index (χ4n) is 0.537. The molecule has 0 rings (SSSR count). The van der Waals surface area contributed by atoms with Crippen molar-refractivity contribution in [3.05, 3.63) is 0 Å². The summed E-state index contributed by atoms with van der Waals surface area (Å²) in [5.74, 6) is -1.48. The number of hydrogen-bond donors (Lipinski definition) is 1. The van der Waals surface area contributed by atoms with E-state index in [1.54, 1.807) is 0 Å².